The van der Waals surface area contributed by atoms with Crippen molar-refractivity contribution in [2.75, 3.05) is 26.2 Å². The highest BCUT2D eigenvalue weighted by Gasteiger charge is 2.18. The van der Waals surface area contributed by atoms with Gasteiger partial charge in [-0.15, -0.1) is 0 Å². The first-order chi connectivity index (χ1) is 13.4. The molecule has 4 rings (SSSR count). The fourth-order valence-electron chi connectivity index (χ4n) is 3.89. The molecular formula is C25H28N2. The molecule has 0 radical (unpaired) electrons. The molecule has 1 saturated heterocycles. The van der Waals surface area contributed by atoms with Crippen LogP contribution in [0.2, 0.25) is 0 Å². The van der Waals surface area contributed by atoms with Gasteiger partial charge in [-0.2, -0.15) is 0 Å². The van der Waals surface area contributed by atoms with Crippen LogP contribution in [-0.4, -0.2) is 36.0 Å². The van der Waals surface area contributed by atoms with Gasteiger partial charge in [-0.1, -0.05) is 84.9 Å². The standard InChI is InChI=1S/C25H28N2/c1-3-9-22(10-4-1)19-24-13-7-8-14-25(24)21-27-17-15-26(16-18-27)20-23-11-5-2-6-12-23/h1-14H,15-21H2. The largest absolute Gasteiger partial charge is 0.297 e. The Morgan fingerprint density at radius 1 is 0.481 bits per heavy atom. The Hall–Kier alpha value is -2.42. The summed E-state index contributed by atoms with van der Waals surface area (Å²) in [6, 6.07) is 30.5. The first-order valence-electron chi connectivity index (χ1n) is 9.96. The quantitative estimate of drug-likeness (QED) is 0.637. The molecule has 0 saturated carbocycles. The van der Waals surface area contributed by atoms with Crippen LogP contribution in [0.5, 0.6) is 0 Å². The number of nitrogens with zero attached hydrogens (tertiary/aromatic N) is 2. The van der Waals surface area contributed by atoms with Crippen LogP contribution >= 0.6 is 0 Å². The molecule has 0 unspecified atom stereocenters. The average Bonchev–Trinajstić information content (AvgIpc) is 2.72. The molecule has 2 heteroatoms. The Labute approximate surface area is 163 Å². The lowest BCUT2D eigenvalue weighted by molar-refractivity contribution is 0.122. The highest BCUT2D eigenvalue weighted by molar-refractivity contribution is 5.32. The smallest absolute Gasteiger partial charge is 0.0237 e. The second kappa shape index (κ2) is 8.98. The van der Waals surface area contributed by atoms with Crippen LogP contribution < -0.4 is 0 Å². The summed E-state index contributed by atoms with van der Waals surface area (Å²) in [5, 5.41) is 0. The van der Waals surface area contributed by atoms with Crippen LogP contribution in [-0.2, 0) is 19.5 Å². The zero-order valence-electron chi connectivity index (χ0n) is 15.9. The summed E-state index contributed by atoms with van der Waals surface area (Å²) in [6.45, 7) is 6.71. The van der Waals surface area contributed by atoms with Gasteiger partial charge in [0, 0.05) is 39.3 Å². The van der Waals surface area contributed by atoms with Crippen LogP contribution in [0.15, 0.2) is 84.9 Å². The Bertz CT molecular complexity index is 821. The molecule has 3 aromatic rings. The fourth-order valence-corrected chi connectivity index (χ4v) is 3.89. The minimum Gasteiger partial charge on any atom is -0.297 e. The number of hydrogen-bond donors (Lipinski definition) is 0. The summed E-state index contributed by atoms with van der Waals surface area (Å²) in [5.41, 5.74) is 5.73. The van der Waals surface area contributed by atoms with E-state index in [9.17, 15) is 0 Å². The summed E-state index contributed by atoms with van der Waals surface area (Å²) in [5.74, 6) is 0. The summed E-state index contributed by atoms with van der Waals surface area (Å²) < 4.78 is 0. The van der Waals surface area contributed by atoms with Crippen molar-refractivity contribution in [1.82, 2.24) is 9.80 Å². The SMILES string of the molecule is c1ccc(Cc2ccccc2CN2CCN(Cc3ccccc3)CC2)cc1. The topological polar surface area (TPSA) is 6.48 Å². The number of hydrogen-bond acceptors (Lipinski definition) is 2. The van der Waals surface area contributed by atoms with Gasteiger partial charge in [-0.25, -0.2) is 0 Å². The van der Waals surface area contributed by atoms with E-state index in [0.29, 0.717) is 0 Å². The van der Waals surface area contributed by atoms with Gasteiger partial charge < -0.3 is 0 Å². The van der Waals surface area contributed by atoms with Crippen molar-refractivity contribution >= 4 is 0 Å². The zero-order chi connectivity index (χ0) is 18.3. The maximum Gasteiger partial charge on any atom is 0.0237 e. The van der Waals surface area contributed by atoms with Crippen molar-refractivity contribution in [2.45, 2.75) is 19.5 Å². The molecule has 0 spiro atoms. The molecule has 0 N–H and O–H groups in total. The van der Waals surface area contributed by atoms with Crippen LogP contribution in [0.1, 0.15) is 22.3 Å². The van der Waals surface area contributed by atoms with E-state index < -0.39 is 0 Å². The van der Waals surface area contributed by atoms with Crippen molar-refractivity contribution in [3.8, 4) is 0 Å². The van der Waals surface area contributed by atoms with Gasteiger partial charge in [0.1, 0.15) is 0 Å². The maximum absolute atomic E-state index is 2.60. The molecular weight excluding hydrogens is 328 g/mol. The van der Waals surface area contributed by atoms with Gasteiger partial charge in [-0.05, 0) is 28.7 Å². The first-order valence-corrected chi connectivity index (χ1v) is 9.96. The summed E-state index contributed by atoms with van der Waals surface area (Å²) in [4.78, 5) is 5.17. The number of benzene rings is 3. The third kappa shape index (κ3) is 5.06. The molecule has 0 amide bonds. The number of piperazine rings is 1. The van der Waals surface area contributed by atoms with E-state index in [1.165, 1.54) is 22.3 Å². The molecule has 0 aliphatic carbocycles. The Balaban J connectivity index is 1.34. The number of rotatable bonds is 6. The third-order valence-electron chi connectivity index (χ3n) is 5.46. The van der Waals surface area contributed by atoms with E-state index in [1.807, 2.05) is 0 Å². The van der Waals surface area contributed by atoms with Crippen molar-refractivity contribution in [2.24, 2.45) is 0 Å². The van der Waals surface area contributed by atoms with Crippen molar-refractivity contribution in [3.63, 3.8) is 0 Å². The second-order valence-electron chi connectivity index (χ2n) is 7.47. The molecule has 27 heavy (non-hydrogen) atoms. The Kier molecular flexibility index (Phi) is 5.98. The van der Waals surface area contributed by atoms with Crippen LogP contribution in [0.3, 0.4) is 0 Å². The van der Waals surface area contributed by atoms with E-state index in [1.54, 1.807) is 0 Å². The third-order valence-corrected chi connectivity index (χ3v) is 5.46. The monoisotopic (exact) mass is 356 g/mol. The highest BCUT2D eigenvalue weighted by Crippen LogP contribution is 2.18. The highest BCUT2D eigenvalue weighted by atomic mass is 15.3. The minimum atomic E-state index is 1.02. The van der Waals surface area contributed by atoms with E-state index >= 15 is 0 Å². The predicted molar refractivity (Wildman–Crippen MR) is 113 cm³/mol. The van der Waals surface area contributed by atoms with E-state index in [0.717, 1.165) is 45.7 Å². The molecule has 0 atom stereocenters. The van der Waals surface area contributed by atoms with Gasteiger partial charge in [0.2, 0.25) is 0 Å². The molecule has 138 valence electrons. The summed E-state index contributed by atoms with van der Waals surface area (Å²) in [7, 11) is 0. The van der Waals surface area contributed by atoms with Gasteiger partial charge in [-0.3, -0.25) is 9.80 Å². The van der Waals surface area contributed by atoms with Gasteiger partial charge in [0.25, 0.3) is 0 Å². The zero-order valence-corrected chi connectivity index (χ0v) is 15.9. The second-order valence-corrected chi connectivity index (χ2v) is 7.47. The molecule has 1 aliphatic rings. The minimum absolute atomic E-state index is 1.02. The van der Waals surface area contributed by atoms with Gasteiger partial charge >= 0.3 is 0 Å². The lowest BCUT2D eigenvalue weighted by Gasteiger charge is -2.35. The summed E-state index contributed by atoms with van der Waals surface area (Å²) >= 11 is 0. The van der Waals surface area contributed by atoms with E-state index in [4.69, 9.17) is 0 Å². The average molecular weight is 357 g/mol. The molecule has 0 bridgehead atoms. The lowest BCUT2D eigenvalue weighted by Crippen LogP contribution is -2.45. The molecule has 1 aliphatic heterocycles. The normalized spacial score (nSPS) is 15.7. The van der Waals surface area contributed by atoms with E-state index in [2.05, 4.69) is 94.7 Å². The molecule has 1 heterocycles. The van der Waals surface area contributed by atoms with Crippen LogP contribution in [0, 0.1) is 0 Å². The van der Waals surface area contributed by atoms with E-state index in [-0.39, 0.29) is 0 Å². The molecule has 2 nitrogen and oxygen atoms in total. The molecule has 1 fully saturated rings. The summed E-state index contributed by atoms with van der Waals surface area (Å²) in [6.07, 6.45) is 1.02. The van der Waals surface area contributed by atoms with Crippen molar-refractivity contribution in [3.05, 3.63) is 107 Å². The fraction of sp³-hybridized carbons (Fsp3) is 0.280. The Morgan fingerprint density at radius 2 is 0.963 bits per heavy atom. The van der Waals surface area contributed by atoms with Gasteiger partial charge in [0.05, 0.1) is 0 Å². The lowest BCUT2D eigenvalue weighted by atomic mass is 9.99. The first kappa shape index (κ1) is 18.0. The van der Waals surface area contributed by atoms with Crippen LogP contribution in [0.25, 0.3) is 0 Å². The van der Waals surface area contributed by atoms with Gasteiger partial charge in [0.15, 0.2) is 0 Å². The molecule has 3 aromatic carbocycles. The van der Waals surface area contributed by atoms with Crippen molar-refractivity contribution in [1.29, 1.82) is 0 Å². The van der Waals surface area contributed by atoms with Crippen LogP contribution in [0.4, 0.5) is 0 Å². The predicted octanol–water partition coefficient (Wildman–Crippen LogP) is 4.60. The maximum atomic E-state index is 2.60. The van der Waals surface area contributed by atoms with Crippen molar-refractivity contribution < 1.29 is 0 Å². The Morgan fingerprint density at radius 3 is 1.59 bits per heavy atom. The molecule has 0 aromatic heterocycles.